The molecule has 0 radical (unpaired) electrons. The highest BCUT2D eigenvalue weighted by Crippen LogP contribution is 2.10. The van der Waals surface area contributed by atoms with E-state index < -0.39 is 6.10 Å². The molecular formula is C11H15N3O2. The third-order valence-corrected chi connectivity index (χ3v) is 2.85. The Kier molecular flexibility index (Phi) is 3.17. The number of pyridine rings is 1. The predicted molar refractivity (Wildman–Crippen MR) is 59.0 cm³/mol. The van der Waals surface area contributed by atoms with Crippen LogP contribution in [0.3, 0.4) is 0 Å². The minimum absolute atomic E-state index is 0.159. The maximum Gasteiger partial charge on any atom is 0.272 e. The van der Waals surface area contributed by atoms with E-state index >= 15 is 0 Å². The van der Waals surface area contributed by atoms with Gasteiger partial charge in [-0.1, -0.05) is 6.07 Å². The van der Waals surface area contributed by atoms with Crippen molar-refractivity contribution in [3.8, 4) is 0 Å². The molecule has 0 bridgehead atoms. The van der Waals surface area contributed by atoms with Gasteiger partial charge < -0.3 is 15.3 Å². The van der Waals surface area contributed by atoms with Crippen molar-refractivity contribution in [3.63, 3.8) is 0 Å². The van der Waals surface area contributed by atoms with Crippen LogP contribution in [-0.4, -0.2) is 53.2 Å². The largest absolute Gasteiger partial charge is 0.390 e. The van der Waals surface area contributed by atoms with Crippen molar-refractivity contribution in [1.29, 1.82) is 0 Å². The molecule has 1 saturated heterocycles. The van der Waals surface area contributed by atoms with Crippen LogP contribution in [0.25, 0.3) is 0 Å². The first-order valence-electron chi connectivity index (χ1n) is 5.27. The van der Waals surface area contributed by atoms with E-state index in [1.807, 2.05) is 0 Å². The minimum Gasteiger partial charge on any atom is -0.390 e. The van der Waals surface area contributed by atoms with Crippen molar-refractivity contribution in [1.82, 2.24) is 15.2 Å². The van der Waals surface area contributed by atoms with Gasteiger partial charge in [-0.3, -0.25) is 9.78 Å². The summed E-state index contributed by atoms with van der Waals surface area (Å²) in [4.78, 5) is 17.6. The second-order valence-corrected chi connectivity index (χ2v) is 3.92. The number of nitrogens with one attached hydrogen (secondary N) is 1. The van der Waals surface area contributed by atoms with Gasteiger partial charge in [0, 0.05) is 26.3 Å². The number of aromatic nitrogens is 1. The first kappa shape index (κ1) is 11.0. The van der Waals surface area contributed by atoms with Crippen LogP contribution in [0.1, 0.15) is 10.5 Å². The Hall–Kier alpha value is -1.46. The van der Waals surface area contributed by atoms with Crippen LogP contribution in [0.5, 0.6) is 0 Å². The number of likely N-dealkylation sites (N-methyl/N-ethyl adjacent to an activating group) is 1. The molecule has 2 unspecified atom stereocenters. The molecule has 86 valence electrons. The summed E-state index contributed by atoms with van der Waals surface area (Å²) in [5.74, 6) is -0.159. The lowest BCUT2D eigenvalue weighted by Gasteiger charge is -2.25. The summed E-state index contributed by atoms with van der Waals surface area (Å²) in [7, 11) is 1.69. The lowest BCUT2D eigenvalue weighted by atomic mass is 10.2. The number of amides is 1. The van der Waals surface area contributed by atoms with E-state index in [1.165, 1.54) is 0 Å². The second-order valence-electron chi connectivity index (χ2n) is 3.92. The summed E-state index contributed by atoms with van der Waals surface area (Å²) in [5, 5.41) is 12.7. The molecule has 1 fully saturated rings. The second kappa shape index (κ2) is 4.59. The molecule has 5 nitrogen and oxygen atoms in total. The van der Waals surface area contributed by atoms with E-state index in [4.69, 9.17) is 0 Å². The van der Waals surface area contributed by atoms with Gasteiger partial charge in [-0.15, -0.1) is 0 Å². The fourth-order valence-corrected chi connectivity index (χ4v) is 1.87. The van der Waals surface area contributed by atoms with E-state index in [1.54, 1.807) is 36.3 Å². The molecule has 2 N–H and O–H groups in total. The molecule has 0 saturated carbocycles. The number of carbonyl (C=O) groups is 1. The summed E-state index contributed by atoms with van der Waals surface area (Å²) in [5.41, 5.74) is 0.407. The van der Waals surface area contributed by atoms with Gasteiger partial charge in [0.05, 0.1) is 12.1 Å². The SMILES string of the molecule is CN(C(=O)c1ccccn1)C1CNCC1O. The summed E-state index contributed by atoms with van der Waals surface area (Å²) in [6.07, 6.45) is 1.09. The van der Waals surface area contributed by atoms with Crippen LogP contribution in [-0.2, 0) is 0 Å². The maximum absolute atomic E-state index is 12.0. The zero-order chi connectivity index (χ0) is 11.5. The molecule has 1 aliphatic heterocycles. The predicted octanol–water partition coefficient (Wildman–Crippen LogP) is -0.514. The van der Waals surface area contributed by atoms with Gasteiger partial charge in [-0.05, 0) is 12.1 Å². The molecule has 2 atom stereocenters. The van der Waals surface area contributed by atoms with Crippen LogP contribution in [0.2, 0.25) is 0 Å². The highest BCUT2D eigenvalue weighted by Gasteiger charge is 2.31. The molecule has 1 amide bonds. The third kappa shape index (κ3) is 2.05. The van der Waals surface area contributed by atoms with E-state index in [0.29, 0.717) is 18.8 Å². The highest BCUT2D eigenvalue weighted by atomic mass is 16.3. The van der Waals surface area contributed by atoms with Crippen molar-refractivity contribution < 1.29 is 9.90 Å². The van der Waals surface area contributed by atoms with Crippen LogP contribution in [0.4, 0.5) is 0 Å². The normalized spacial score (nSPS) is 24.4. The molecule has 16 heavy (non-hydrogen) atoms. The number of β-amino-alcohol motifs (C(OH)–C–C–N with tert-alkyl or cyclic N) is 1. The lowest BCUT2D eigenvalue weighted by molar-refractivity contribution is 0.0576. The molecular weight excluding hydrogens is 206 g/mol. The summed E-state index contributed by atoms with van der Waals surface area (Å²) < 4.78 is 0. The molecule has 0 spiro atoms. The Morgan fingerprint density at radius 1 is 1.56 bits per heavy atom. The van der Waals surface area contributed by atoms with Gasteiger partial charge in [0.2, 0.25) is 0 Å². The van der Waals surface area contributed by atoms with Gasteiger partial charge in [-0.2, -0.15) is 0 Å². The van der Waals surface area contributed by atoms with Crippen molar-refractivity contribution in [2.75, 3.05) is 20.1 Å². The fraction of sp³-hybridized carbons (Fsp3) is 0.455. The molecule has 5 heteroatoms. The van der Waals surface area contributed by atoms with Crippen molar-refractivity contribution in [3.05, 3.63) is 30.1 Å². The molecule has 0 aromatic carbocycles. The van der Waals surface area contributed by atoms with E-state index in [-0.39, 0.29) is 11.9 Å². The first-order chi connectivity index (χ1) is 7.70. The number of carbonyl (C=O) groups excluding carboxylic acids is 1. The Balaban J connectivity index is 2.10. The standard InChI is InChI=1S/C11H15N3O2/c1-14(9-6-12-7-10(9)15)11(16)8-4-2-3-5-13-8/h2-5,9-10,12,15H,6-7H2,1H3. The molecule has 2 rings (SSSR count). The van der Waals surface area contributed by atoms with Gasteiger partial charge in [0.1, 0.15) is 5.69 Å². The molecule has 2 heterocycles. The highest BCUT2D eigenvalue weighted by molar-refractivity contribution is 5.92. The fourth-order valence-electron chi connectivity index (χ4n) is 1.87. The monoisotopic (exact) mass is 221 g/mol. The summed E-state index contributed by atoms with van der Waals surface area (Å²) >= 11 is 0. The number of hydrogen-bond donors (Lipinski definition) is 2. The average molecular weight is 221 g/mol. The quantitative estimate of drug-likeness (QED) is 0.705. The molecule has 1 aromatic heterocycles. The first-order valence-corrected chi connectivity index (χ1v) is 5.27. The zero-order valence-electron chi connectivity index (χ0n) is 9.13. The van der Waals surface area contributed by atoms with Crippen LogP contribution in [0.15, 0.2) is 24.4 Å². The number of aliphatic hydroxyl groups excluding tert-OH is 1. The van der Waals surface area contributed by atoms with Crippen LogP contribution < -0.4 is 5.32 Å². The molecule has 0 aliphatic carbocycles. The van der Waals surface area contributed by atoms with E-state index in [0.717, 1.165) is 0 Å². The van der Waals surface area contributed by atoms with E-state index in [9.17, 15) is 9.90 Å². The van der Waals surface area contributed by atoms with Gasteiger partial charge in [-0.25, -0.2) is 0 Å². The Morgan fingerprint density at radius 2 is 2.38 bits per heavy atom. The Bertz CT molecular complexity index is 369. The number of rotatable bonds is 2. The Labute approximate surface area is 94.1 Å². The molecule has 1 aromatic rings. The topological polar surface area (TPSA) is 65.5 Å². The number of aliphatic hydroxyl groups is 1. The number of hydrogen-bond acceptors (Lipinski definition) is 4. The van der Waals surface area contributed by atoms with Crippen molar-refractivity contribution in [2.45, 2.75) is 12.1 Å². The van der Waals surface area contributed by atoms with Crippen LogP contribution >= 0.6 is 0 Å². The maximum atomic E-state index is 12.0. The average Bonchev–Trinajstić information content (AvgIpc) is 2.75. The summed E-state index contributed by atoms with van der Waals surface area (Å²) in [6.45, 7) is 1.15. The van der Waals surface area contributed by atoms with Crippen molar-refractivity contribution in [2.24, 2.45) is 0 Å². The van der Waals surface area contributed by atoms with Crippen LogP contribution in [0, 0.1) is 0 Å². The van der Waals surface area contributed by atoms with Gasteiger partial charge in [0.15, 0.2) is 0 Å². The molecule has 1 aliphatic rings. The number of nitrogens with zero attached hydrogens (tertiary/aromatic N) is 2. The lowest BCUT2D eigenvalue weighted by Crippen LogP contribution is -2.44. The minimum atomic E-state index is -0.502. The smallest absolute Gasteiger partial charge is 0.272 e. The van der Waals surface area contributed by atoms with E-state index in [2.05, 4.69) is 10.3 Å². The zero-order valence-corrected chi connectivity index (χ0v) is 9.13. The summed E-state index contributed by atoms with van der Waals surface area (Å²) in [6, 6.07) is 5.04. The van der Waals surface area contributed by atoms with Gasteiger partial charge in [0.25, 0.3) is 5.91 Å². The third-order valence-electron chi connectivity index (χ3n) is 2.85. The van der Waals surface area contributed by atoms with Gasteiger partial charge >= 0.3 is 0 Å². The Morgan fingerprint density at radius 3 is 2.94 bits per heavy atom. The van der Waals surface area contributed by atoms with Crippen molar-refractivity contribution >= 4 is 5.91 Å².